The molecule has 39 heavy (non-hydrogen) atoms. The molecule has 1 heterocycles. The average Bonchev–Trinajstić information content (AvgIpc) is 3.45. The van der Waals surface area contributed by atoms with Crippen molar-refractivity contribution in [2.24, 2.45) is 5.10 Å². The second-order valence-electron chi connectivity index (χ2n) is 7.84. The monoisotopic (exact) mass is 593 g/mol. The number of rotatable bonds is 10. The third kappa shape index (κ3) is 6.27. The van der Waals surface area contributed by atoms with Gasteiger partial charge < -0.3 is 14.0 Å². The molecule has 0 unspecified atom stereocenters. The summed E-state index contributed by atoms with van der Waals surface area (Å²) in [5, 5.41) is 26.6. The highest BCUT2D eigenvalue weighted by atomic mass is 79.9. The molecule has 12 nitrogen and oxygen atoms in total. The first-order valence-corrected chi connectivity index (χ1v) is 12.2. The van der Waals surface area contributed by atoms with Crippen LogP contribution in [0.25, 0.3) is 5.69 Å². The zero-order valence-corrected chi connectivity index (χ0v) is 21.9. The summed E-state index contributed by atoms with van der Waals surface area (Å²) in [6.45, 7) is 1.99. The van der Waals surface area contributed by atoms with Gasteiger partial charge in [-0.1, -0.05) is 12.1 Å². The third-order valence-electron chi connectivity index (χ3n) is 5.30. The van der Waals surface area contributed by atoms with Crippen molar-refractivity contribution in [2.75, 3.05) is 6.61 Å². The van der Waals surface area contributed by atoms with Gasteiger partial charge in [0.15, 0.2) is 11.5 Å². The van der Waals surface area contributed by atoms with E-state index < -0.39 is 27.1 Å². The number of carbonyl (C=O) groups excluding carboxylic acids is 1. The van der Waals surface area contributed by atoms with Gasteiger partial charge in [0.25, 0.3) is 11.6 Å². The number of para-hydroxylation sites is 1. The van der Waals surface area contributed by atoms with Gasteiger partial charge in [-0.2, -0.15) is 5.10 Å². The van der Waals surface area contributed by atoms with Gasteiger partial charge in [0.05, 0.1) is 44.5 Å². The number of hydrazone groups is 1. The largest absolute Gasteiger partial charge is 0.490 e. The van der Waals surface area contributed by atoms with Crippen molar-refractivity contribution in [1.82, 2.24) is 9.99 Å². The molecular weight excluding hydrogens is 574 g/mol. The van der Waals surface area contributed by atoms with E-state index in [4.69, 9.17) is 9.47 Å². The predicted molar refractivity (Wildman–Crippen MR) is 146 cm³/mol. The van der Waals surface area contributed by atoms with E-state index in [2.05, 4.69) is 26.5 Å². The molecule has 0 bridgehead atoms. The van der Waals surface area contributed by atoms with Gasteiger partial charge in [0.1, 0.15) is 0 Å². The van der Waals surface area contributed by atoms with Crippen molar-refractivity contribution in [2.45, 2.75) is 6.92 Å². The summed E-state index contributed by atoms with van der Waals surface area (Å²) >= 11 is 3.38. The van der Waals surface area contributed by atoms with Crippen LogP contribution in [0.3, 0.4) is 0 Å². The fourth-order valence-corrected chi connectivity index (χ4v) is 4.13. The zero-order valence-electron chi connectivity index (χ0n) is 20.3. The lowest BCUT2D eigenvalue weighted by atomic mass is 10.1. The number of amides is 1. The lowest BCUT2D eigenvalue weighted by Crippen LogP contribution is -2.19. The predicted octanol–water partition coefficient (Wildman–Crippen LogP) is 6.01. The smallest absolute Gasteiger partial charge is 0.318 e. The summed E-state index contributed by atoms with van der Waals surface area (Å²) in [6.07, 6.45) is 5.07. The Morgan fingerprint density at radius 3 is 2.46 bits per heavy atom. The minimum atomic E-state index is -0.769. The molecule has 4 aromatic rings. The highest BCUT2D eigenvalue weighted by Gasteiger charge is 2.23. The van der Waals surface area contributed by atoms with Gasteiger partial charge in [0.2, 0.25) is 5.75 Å². The first-order chi connectivity index (χ1) is 18.8. The molecule has 0 radical (unpaired) electrons. The lowest BCUT2D eigenvalue weighted by molar-refractivity contribution is -0.394. The summed E-state index contributed by atoms with van der Waals surface area (Å²) in [7, 11) is 0. The van der Waals surface area contributed by atoms with Crippen molar-refractivity contribution >= 4 is 39.4 Å². The summed E-state index contributed by atoms with van der Waals surface area (Å²) in [4.78, 5) is 33.8. The van der Waals surface area contributed by atoms with Crippen LogP contribution in [-0.2, 0) is 0 Å². The van der Waals surface area contributed by atoms with Crippen LogP contribution in [-0.4, -0.2) is 33.1 Å². The molecule has 1 amide bonds. The Kier molecular flexibility index (Phi) is 8.31. The van der Waals surface area contributed by atoms with Gasteiger partial charge in [0, 0.05) is 18.5 Å². The van der Waals surface area contributed by atoms with Gasteiger partial charge in [-0.25, -0.2) is 5.43 Å². The number of non-ortho nitro benzene ring substituents is 1. The van der Waals surface area contributed by atoms with E-state index in [1.807, 2.05) is 41.2 Å². The fourth-order valence-electron chi connectivity index (χ4n) is 3.59. The number of aromatic nitrogens is 1. The van der Waals surface area contributed by atoms with Crippen LogP contribution in [0.1, 0.15) is 22.8 Å². The van der Waals surface area contributed by atoms with E-state index >= 15 is 0 Å². The second kappa shape index (κ2) is 12.0. The maximum atomic E-state index is 12.8. The quantitative estimate of drug-likeness (QED) is 0.134. The highest BCUT2D eigenvalue weighted by molar-refractivity contribution is 9.10. The number of nitrogens with zero attached hydrogens (tertiary/aromatic N) is 4. The van der Waals surface area contributed by atoms with Gasteiger partial charge in [-0.15, -0.1) is 0 Å². The molecule has 0 atom stereocenters. The molecule has 0 aliphatic heterocycles. The van der Waals surface area contributed by atoms with Gasteiger partial charge >= 0.3 is 5.69 Å². The number of ether oxygens (including phenoxy) is 2. The third-order valence-corrected chi connectivity index (χ3v) is 5.89. The Hall–Kier alpha value is -5.04. The number of carbonyl (C=O) groups is 1. The Labute approximate surface area is 229 Å². The van der Waals surface area contributed by atoms with Crippen LogP contribution in [0.5, 0.6) is 17.2 Å². The number of benzene rings is 3. The SMILES string of the molecule is CCOc1cc(/C=N\NC(=O)c2ccccc2-n2cccc2)cc(Br)c1Oc1ccc([N+](=O)[O-])cc1[N+](=O)[O-]. The molecule has 0 aliphatic rings. The summed E-state index contributed by atoms with van der Waals surface area (Å²) in [5.41, 5.74) is 3.13. The van der Waals surface area contributed by atoms with Crippen LogP contribution in [0.2, 0.25) is 0 Å². The maximum Gasteiger partial charge on any atom is 0.318 e. The first-order valence-electron chi connectivity index (χ1n) is 11.4. The molecule has 13 heteroatoms. The summed E-state index contributed by atoms with van der Waals surface area (Å²) in [5.74, 6) is -0.270. The van der Waals surface area contributed by atoms with Crippen LogP contribution < -0.4 is 14.9 Å². The van der Waals surface area contributed by atoms with E-state index in [1.165, 1.54) is 6.21 Å². The van der Waals surface area contributed by atoms with Crippen LogP contribution in [0, 0.1) is 20.2 Å². The minimum Gasteiger partial charge on any atom is -0.490 e. The fraction of sp³-hybridized carbons (Fsp3) is 0.0769. The number of halogens is 1. The number of hydrogen-bond donors (Lipinski definition) is 1. The zero-order chi connectivity index (χ0) is 27.9. The number of nitro groups is 2. The van der Waals surface area contributed by atoms with Gasteiger partial charge in [-0.05, 0) is 70.9 Å². The van der Waals surface area contributed by atoms with Crippen molar-refractivity contribution in [3.05, 3.63) is 115 Å². The van der Waals surface area contributed by atoms with E-state index in [0.717, 1.165) is 18.2 Å². The van der Waals surface area contributed by atoms with E-state index in [9.17, 15) is 25.0 Å². The molecule has 0 aliphatic carbocycles. The van der Waals surface area contributed by atoms with Crippen LogP contribution in [0.15, 0.2) is 88.7 Å². The van der Waals surface area contributed by atoms with Crippen LogP contribution >= 0.6 is 15.9 Å². The lowest BCUT2D eigenvalue weighted by Gasteiger charge is -2.14. The first kappa shape index (κ1) is 27.0. The molecule has 0 fully saturated rings. The maximum absolute atomic E-state index is 12.8. The standard InChI is InChI=1S/C26H20BrN5O7/c1-2-38-24-14-17(16-28-29-26(33)19-7-3-4-8-21(19)30-11-5-6-12-30)13-20(27)25(24)39-23-10-9-18(31(34)35)15-22(23)32(36)37/h3-16H,2H2,1H3,(H,29,33)/b28-16-. The topological polar surface area (TPSA) is 151 Å². The Balaban J connectivity index is 1.57. The Morgan fingerprint density at radius 1 is 1.03 bits per heavy atom. The number of nitrogens with one attached hydrogen (secondary N) is 1. The Bertz CT molecular complexity index is 1570. The minimum absolute atomic E-state index is 0.121. The number of nitro benzene ring substituents is 2. The van der Waals surface area contributed by atoms with Crippen molar-refractivity contribution in [3.8, 4) is 22.9 Å². The number of hydrogen-bond acceptors (Lipinski definition) is 8. The van der Waals surface area contributed by atoms with Crippen molar-refractivity contribution in [1.29, 1.82) is 0 Å². The average molecular weight is 594 g/mol. The van der Waals surface area contributed by atoms with Crippen LogP contribution in [0.4, 0.5) is 11.4 Å². The highest BCUT2D eigenvalue weighted by Crippen LogP contribution is 2.42. The normalized spacial score (nSPS) is 10.8. The van der Waals surface area contributed by atoms with E-state index in [-0.39, 0.29) is 23.9 Å². The molecule has 0 saturated carbocycles. The molecule has 1 N–H and O–H groups in total. The van der Waals surface area contributed by atoms with E-state index in [1.54, 1.807) is 31.2 Å². The molecule has 0 saturated heterocycles. The molecule has 4 rings (SSSR count). The van der Waals surface area contributed by atoms with Crippen molar-refractivity contribution < 1.29 is 24.1 Å². The molecule has 0 spiro atoms. The summed E-state index contributed by atoms with van der Waals surface area (Å²) in [6, 6.07) is 17.1. The summed E-state index contributed by atoms with van der Waals surface area (Å²) < 4.78 is 13.6. The second-order valence-corrected chi connectivity index (χ2v) is 8.69. The molecule has 198 valence electrons. The Morgan fingerprint density at radius 2 is 1.77 bits per heavy atom. The molecular formula is C26H20BrN5O7. The van der Waals surface area contributed by atoms with Crippen molar-refractivity contribution in [3.63, 3.8) is 0 Å². The molecule has 1 aromatic heterocycles. The van der Waals surface area contributed by atoms with E-state index in [0.29, 0.717) is 21.3 Å². The van der Waals surface area contributed by atoms with Gasteiger partial charge in [-0.3, -0.25) is 25.0 Å². The molecule has 3 aromatic carbocycles.